The van der Waals surface area contributed by atoms with Gasteiger partial charge in [0.15, 0.2) is 0 Å². The molecule has 0 atom stereocenters. The Morgan fingerprint density at radius 2 is 1.94 bits per heavy atom. The number of halogens is 2. The molecule has 17 heavy (non-hydrogen) atoms. The molecule has 1 aromatic carbocycles. The molecule has 0 heterocycles. The first-order chi connectivity index (χ1) is 7.78. The molecule has 4 heteroatoms. The molecule has 0 aromatic heterocycles. The number of carbonyl (C=O) groups is 1. The molecular formula is C13H14Cl2O2. The van der Waals surface area contributed by atoms with Crippen molar-refractivity contribution in [2.24, 2.45) is 0 Å². The van der Waals surface area contributed by atoms with E-state index in [9.17, 15) is 4.79 Å². The Balaban J connectivity index is 2.77. The van der Waals surface area contributed by atoms with Gasteiger partial charge in [0, 0.05) is 16.1 Å². The fraction of sp³-hybridized carbons (Fsp3) is 0.308. The van der Waals surface area contributed by atoms with Crippen LogP contribution in [-0.4, -0.2) is 11.6 Å². The molecule has 0 N–H and O–H groups in total. The van der Waals surface area contributed by atoms with Crippen molar-refractivity contribution in [1.82, 2.24) is 0 Å². The monoisotopic (exact) mass is 272 g/mol. The van der Waals surface area contributed by atoms with Crippen LogP contribution in [0.25, 0.3) is 6.08 Å². The second-order valence-electron chi connectivity index (χ2n) is 4.53. The van der Waals surface area contributed by atoms with Crippen molar-refractivity contribution in [3.05, 3.63) is 39.9 Å². The van der Waals surface area contributed by atoms with E-state index in [1.807, 2.05) is 20.8 Å². The number of esters is 1. The lowest BCUT2D eigenvalue weighted by molar-refractivity contribution is -0.148. The SMILES string of the molecule is CC(C)(C)OC(=O)/C=C/c1cc(Cl)ccc1Cl. The van der Waals surface area contributed by atoms with Gasteiger partial charge in [-0.2, -0.15) is 0 Å². The molecule has 0 saturated heterocycles. The number of carbonyl (C=O) groups excluding carboxylic acids is 1. The molecule has 1 aromatic rings. The van der Waals surface area contributed by atoms with Gasteiger partial charge in [0.2, 0.25) is 0 Å². The summed E-state index contributed by atoms with van der Waals surface area (Å²) in [7, 11) is 0. The third kappa shape index (κ3) is 5.24. The fourth-order valence-corrected chi connectivity index (χ4v) is 1.50. The third-order valence-corrected chi connectivity index (χ3v) is 2.34. The lowest BCUT2D eigenvalue weighted by Crippen LogP contribution is -2.22. The van der Waals surface area contributed by atoms with Crippen molar-refractivity contribution in [3.63, 3.8) is 0 Å². The van der Waals surface area contributed by atoms with Crippen LogP contribution in [0.4, 0.5) is 0 Å². The van der Waals surface area contributed by atoms with E-state index in [2.05, 4.69) is 0 Å². The second-order valence-corrected chi connectivity index (χ2v) is 5.38. The van der Waals surface area contributed by atoms with Gasteiger partial charge in [-0.25, -0.2) is 4.79 Å². The maximum atomic E-state index is 11.4. The summed E-state index contributed by atoms with van der Waals surface area (Å²) < 4.78 is 5.13. The summed E-state index contributed by atoms with van der Waals surface area (Å²) in [6.45, 7) is 5.43. The lowest BCUT2D eigenvalue weighted by Gasteiger charge is -2.17. The average molecular weight is 273 g/mol. The highest BCUT2D eigenvalue weighted by Gasteiger charge is 2.13. The maximum Gasteiger partial charge on any atom is 0.331 e. The van der Waals surface area contributed by atoms with Gasteiger partial charge in [0.05, 0.1) is 0 Å². The van der Waals surface area contributed by atoms with Gasteiger partial charge in [-0.3, -0.25) is 0 Å². The normalized spacial score (nSPS) is 11.8. The Labute approximate surface area is 111 Å². The number of hydrogen-bond acceptors (Lipinski definition) is 2. The topological polar surface area (TPSA) is 26.3 Å². The lowest BCUT2D eigenvalue weighted by atomic mass is 10.2. The van der Waals surface area contributed by atoms with E-state index in [1.54, 1.807) is 24.3 Å². The Bertz CT molecular complexity index is 445. The number of hydrogen-bond donors (Lipinski definition) is 0. The average Bonchev–Trinajstić information content (AvgIpc) is 2.17. The summed E-state index contributed by atoms with van der Waals surface area (Å²) in [5.41, 5.74) is 0.185. The highest BCUT2D eigenvalue weighted by Crippen LogP contribution is 2.21. The van der Waals surface area contributed by atoms with E-state index in [4.69, 9.17) is 27.9 Å². The predicted molar refractivity (Wildman–Crippen MR) is 71.3 cm³/mol. The van der Waals surface area contributed by atoms with Gasteiger partial charge in [-0.1, -0.05) is 23.2 Å². The molecule has 0 saturated carbocycles. The van der Waals surface area contributed by atoms with Crippen LogP contribution in [0.5, 0.6) is 0 Å². The Kier molecular flexibility index (Phi) is 4.61. The standard InChI is InChI=1S/C13H14Cl2O2/c1-13(2,3)17-12(16)7-4-9-8-10(14)5-6-11(9)15/h4-8H,1-3H3/b7-4+. The van der Waals surface area contributed by atoms with Crippen LogP contribution in [0.1, 0.15) is 26.3 Å². The van der Waals surface area contributed by atoms with Crippen LogP contribution in [0.15, 0.2) is 24.3 Å². The van der Waals surface area contributed by atoms with E-state index in [0.717, 1.165) is 0 Å². The summed E-state index contributed by atoms with van der Waals surface area (Å²) in [6, 6.07) is 5.05. The van der Waals surface area contributed by atoms with E-state index < -0.39 is 11.6 Å². The van der Waals surface area contributed by atoms with Crippen molar-refractivity contribution in [2.45, 2.75) is 26.4 Å². The molecule has 92 valence electrons. The smallest absolute Gasteiger partial charge is 0.331 e. The summed E-state index contributed by atoms with van der Waals surface area (Å²) in [5.74, 6) is -0.409. The van der Waals surface area contributed by atoms with Gasteiger partial charge in [0.25, 0.3) is 0 Å². The van der Waals surface area contributed by atoms with E-state index in [-0.39, 0.29) is 0 Å². The summed E-state index contributed by atoms with van der Waals surface area (Å²) in [6.07, 6.45) is 2.92. The minimum absolute atomic E-state index is 0.409. The van der Waals surface area contributed by atoms with Crippen LogP contribution in [0.3, 0.4) is 0 Å². The Hall–Kier alpha value is -0.990. The predicted octanol–water partition coefficient (Wildman–Crippen LogP) is 4.35. The van der Waals surface area contributed by atoms with Crippen LogP contribution in [0.2, 0.25) is 10.0 Å². The minimum atomic E-state index is -0.500. The quantitative estimate of drug-likeness (QED) is 0.591. The van der Waals surface area contributed by atoms with E-state index >= 15 is 0 Å². The number of rotatable bonds is 2. The summed E-state index contributed by atoms with van der Waals surface area (Å²) in [5, 5.41) is 1.10. The summed E-state index contributed by atoms with van der Waals surface area (Å²) in [4.78, 5) is 11.4. The molecule has 0 spiro atoms. The van der Waals surface area contributed by atoms with Crippen molar-refractivity contribution in [1.29, 1.82) is 0 Å². The van der Waals surface area contributed by atoms with Gasteiger partial charge in [0.1, 0.15) is 5.60 Å². The molecule has 0 radical (unpaired) electrons. The molecule has 0 unspecified atom stereocenters. The zero-order chi connectivity index (χ0) is 13.1. The van der Waals surface area contributed by atoms with Gasteiger partial charge in [-0.15, -0.1) is 0 Å². The molecule has 1 rings (SSSR count). The molecule has 0 amide bonds. The summed E-state index contributed by atoms with van der Waals surface area (Å²) >= 11 is 11.8. The Morgan fingerprint density at radius 1 is 1.29 bits per heavy atom. The van der Waals surface area contributed by atoms with E-state index in [1.165, 1.54) is 6.08 Å². The maximum absolute atomic E-state index is 11.4. The first kappa shape index (κ1) is 14.1. The molecule has 0 aliphatic carbocycles. The highest BCUT2D eigenvalue weighted by molar-refractivity contribution is 6.34. The van der Waals surface area contributed by atoms with Crippen LogP contribution < -0.4 is 0 Å². The zero-order valence-electron chi connectivity index (χ0n) is 9.96. The number of ether oxygens (including phenoxy) is 1. The van der Waals surface area contributed by atoms with Crippen molar-refractivity contribution in [2.75, 3.05) is 0 Å². The van der Waals surface area contributed by atoms with Crippen molar-refractivity contribution < 1.29 is 9.53 Å². The fourth-order valence-electron chi connectivity index (χ4n) is 1.14. The Morgan fingerprint density at radius 3 is 2.53 bits per heavy atom. The molecule has 2 nitrogen and oxygen atoms in total. The molecule has 0 aliphatic heterocycles. The van der Waals surface area contributed by atoms with Crippen LogP contribution in [-0.2, 0) is 9.53 Å². The highest BCUT2D eigenvalue weighted by atomic mass is 35.5. The third-order valence-electron chi connectivity index (χ3n) is 1.76. The minimum Gasteiger partial charge on any atom is -0.457 e. The molecule has 0 aliphatic rings. The van der Waals surface area contributed by atoms with Gasteiger partial charge < -0.3 is 4.74 Å². The second kappa shape index (κ2) is 5.56. The van der Waals surface area contributed by atoms with Crippen LogP contribution >= 0.6 is 23.2 Å². The molecule has 0 bridgehead atoms. The first-order valence-corrected chi connectivity index (χ1v) is 5.89. The van der Waals surface area contributed by atoms with Crippen molar-refractivity contribution in [3.8, 4) is 0 Å². The first-order valence-electron chi connectivity index (χ1n) is 5.14. The van der Waals surface area contributed by atoms with E-state index in [0.29, 0.717) is 15.6 Å². The molecular weight excluding hydrogens is 259 g/mol. The largest absolute Gasteiger partial charge is 0.457 e. The molecule has 0 fully saturated rings. The van der Waals surface area contributed by atoms with Crippen LogP contribution in [0, 0.1) is 0 Å². The number of benzene rings is 1. The van der Waals surface area contributed by atoms with Gasteiger partial charge >= 0.3 is 5.97 Å². The zero-order valence-corrected chi connectivity index (χ0v) is 11.5. The van der Waals surface area contributed by atoms with Crippen molar-refractivity contribution >= 4 is 35.2 Å². The van der Waals surface area contributed by atoms with Gasteiger partial charge in [-0.05, 0) is 50.6 Å².